The third-order valence-electron chi connectivity index (χ3n) is 5.15. The number of sulfonamides is 1. The molecule has 3 aromatic rings. The molecule has 1 aliphatic heterocycles. The normalized spacial score (nSPS) is 17.8. The summed E-state index contributed by atoms with van der Waals surface area (Å²) in [6.07, 6.45) is 2.14. The van der Waals surface area contributed by atoms with Gasteiger partial charge in [0.2, 0.25) is 10.0 Å². The van der Waals surface area contributed by atoms with Crippen LogP contribution < -0.4 is 4.90 Å². The second kappa shape index (κ2) is 6.88. The number of hydrogen-bond acceptors (Lipinski definition) is 5. The number of pyridine rings is 1. The van der Waals surface area contributed by atoms with Crippen molar-refractivity contribution in [2.75, 3.05) is 32.1 Å². The lowest BCUT2D eigenvalue weighted by molar-refractivity contribution is 0.198. The molecule has 0 amide bonds. The number of β-amino-alcohol motifs (C(OH)–C–C–N with tert-alkyl or cyclic N) is 1. The van der Waals surface area contributed by atoms with Gasteiger partial charge in [0.25, 0.3) is 0 Å². The molecule has 0 unspecified atom stereocenters. The first-order valence-corrected chi connectivity index (χ1v) is 10.6. The number of nitrogens with zero attached hydrogens (tertiary/aromatic N) is 3. The maximum Gasteiger partial charge on any atom is 0.242 e. The van der Waals surface area contributed by atoms with Crippen molar-refractivity contribution < 1.29 is 13.5 Å². The molecule has 1 fully saturated rings. The van der Waals surface area contributed by atoms with Gasteiger partial charge in [-0.25, -0.2) is 12.7 Å². The predicted molar refractivity (Wildman–Crippen MR) is 110 cm³/mol. The largest absolute Gasteiger partial charge is 0.391 e. The zero-order chi connectivity index (χ0) is 20.1. The Hall–Kier alpha value is -2.42. The lowest BCUT2D eigenvalue weighted by Gasteiger charge is -2.22. The Morgan fingerprint density at radius 1 is 1.25 bits per heavy atom. The first kappa shape index (κ1) is 18.9. The third kappa shape index (κ3) is 3.28. The quantitative estimate of drug-likeness (QED) is 0.702. The van der Waals surface area contributed by atoms with Gasteiger partial charge >= 0.3 is 0 Å². The number of aromatic nitrogens is 2. The van der Waals surface area contributed by atoms with Gasteiger partial charge in [0.05, 0.1) is 27.7 Å². The highest BCUT2D eigenvalue weighted by Gasteiger charge is 2.26. The molecule has 0 radical (unpaired) electrons. The van der Waals surface area contributed by atoms with Crippen molar-refractivity contribution in [1.82, 2.24) is 14.3 Å². The number of anilines is 1. The molecular weight excluding hydrogens is 376 g/mol. The fourth-order valence-electron chi connectivity index (χ4n) is 3.60. The molecule has 1 atom stereocenters. The highest BCUT2D eigenvalue weighted by atomic mass is 32.2. The number of rotatable bonds is 4. The molecular formula is C20H24N4O3S. The molecule has 1 aliphatic rings. The van der Waals surface area contributed by atoms with Crippen LogP contribution in [-0.2, 0) is 10.0 Å². The molecule has 7 nitrogen and oxygen atoms in total. The summed E-state index contributed by atoms with van der Waals surface area (Å²) in [5.41, 5.74) is 5.27. The number of aliphatic hydroxyl groups is 1. The monoisotopic (exact) mass is 400 g/mol. The minimum atomic E-state index is -3.56. The smallest absolute Gasteiger partial charge is 0.242 e. The second-order valence-corrected chi connectivity index (χ2v) is 9.64. The van der Waals surface area contributed by atoms with E-state index in [2.05, 4.69) is 14.9 Å². The van der Waals surface area contributed by atoms with Crippen LogP contribution in [0.1, 0.15) is 12.0 Å². The van der Waals surface area contributed by atoms with Gasteiger partial charge in [0, 0.05) is 44.6 Å². The number of benzene rings is 1. The SMILES string of the molecule is Cc1cnc2cc(-c3cc(S(=O)(=O)N(C)C)ccc3N3CC[C@H](O)C3)[nH]c2c1. The van der Waals surface area contributed by atoms with Crippen LogP contribution in [0.2, 0.25) is 0 Å². The second-order valence-electron chi connectivity index (χ2n) is 7.48. The summed E-state index contributed by atoms with van der Waals surface area (Å²) in [5.74, 6) is 0. The molecule has 0 spiro atoms. The molecule has 2 aromatic heterocycles. The molecule has 8 heteroatoms. The number of H-pyrrole nitrogens is 1. The fourth-order valence-corrected chi connectivity index (χ4v) is 4.52. The van der Waals surface area contributed by atoms with E-state index in [4.69, 9.17) is 0 Å². The van der Waals surface area contributed by atoms with Crippen LogP contribution in [-0.4, -0.2) is 61.1 Å². The Labute approximate surface area is 164 Å². The average molecular weight is 401 g/mol. The van der Waals surface area contributed by atoms with Crippen molar-refractivity contribution in [3.8, 4) is 11.3 Å². The van der Waals surface area contributed by atoms with Gasteiger partial charge in [-0.15, -0.1) is 0 Å². The van der Waals surface area contributed by atoms with E-state index < -0.39 is 10.0 Å². The van der Waals surface area contributed by atoms with Gasteiger partial charge < -0.3 is 15.0 Å². The summed E-state index contributed by atoms with van der Waals surface area (Å²) in [5, 5.41) is 9.96. The third-order valence-corrected chi connectivity index (χ3v) is 6.96. The number of hydrogen-bond donors (Lipinski definition) is 2. The van der Waals surface area contributed by atoms with Gasteiger partial charge in [-0.05, 0) is 49.2 Å². The number of aromatic amines is 1. The Kier molecular flexibility index (Phi) is 4.65. The average Bonchev–Trinajstić information content (AvgIpc) is 3.26. The van der Waals surface area contributed by atoms with Crippen molar-refractivity contribution in [3.63, 3.8) is 0 Å². The minimum absolute atomic E-state index is 0.235. The Bertz CT molecular complexity index is 1140. The molecule has 3 heterocycles. The van der Waals surface area contributed by atoms with E-state index in [0.29, 0.717) is 13.0 Å². The maximum atomic E-state index is 12.7. The Morgan fingerprint density at radius 3 is 2.71 bits per heavy atom. The van der Waals surface area contributed by atoms with E-state index in [1.54, 1.807) is 12.1 Å². The van der Waals surface area contributed by atoms with E-state index in [9.17, 15) is 13.5 Å². The highest BCUT2D eigenvalue weighted by Crippen LogP contribution is 2.36. The van der Waals surface area contributed by atoms with Gasteiger partial charge in [0.15, 0.2) is 0 Å². The first-order valence-electron chi connectivity index (χ1n) is 9.21. The number of aliphatic hydroxyl groups excluding tert-OH is 1. The van der Waals surface area contributed by atoms with E-state index in [0.717, 1.165) is 40.1 Å². The number of nitrogens with one attached hydrogen (secondary N) is 1. The standard InChI is InChI=1S/C20H24N4O3S/c1-13-8-19-18(21-11-13)10-17(22-19)16-9-15(28(26,27)23(2)3)4-5-20(16)24-7-6-14(25)12-24/h4-5,8-11,14,22,25H,6-7,12H2,1-3H3/t14-/m0/s1. The van der Waals surface area contributed by atoms with Crippen molar-refractivity contribution in [1.29, 1.82) is 0 Å². The van der Waals surface area contributed by atoms with Crippen LogP contribution in [0.4, 0.5) is 5.69 Å². The van der Waals surface area contributed by atoms with Crippen LogP contribution in [0.15, 0.2) is 41.4 Å². The molecule has 0 bridgehead atoms. The highest BCUT2D eigenvalue weighted by molar-refractivity contribution is 7.89. The fraction of sp³-hybridized carbons (Fsp3) is 0.350. The van der Waals surface area contributed by atoms with Gasteiger partial charge in [-0.3, -0.25) is 4.98 Å². The molecule has 1 aromatic carbocycles. The van der Waals surface area contributed by atoms with Crippen molar-refractivity contribution in [2.45, 2.75) is 24.3 Å². The molecule has 28 heavy (non-hydrogen) atoms. The van der Waals surface area contributed by atoms with E-state index in [1.165, 1.54) is 18.4 Å². The molecule has 0 aliphatic carbocycles. The summed E-state index contributed by atoms with van der Waals surface area (Å²) in [7, 11) is -0.513. The molecule has 4 rings (SSSR count). The summed E-state index contributed by atoms with van der Waals surface area (Å²) in [4.78, 5) is 10.2. The molecule has 2 N–H and O–H groups in total. The predicted octanol–water partition coefficient (Wildman–Crippen LogP) is 2.36. The zero-order valence-electron chi connectivity index (χ0n) is 16.2. The zero-order valence-corrected chi connectivity index (χ0v) is 17.0. The van der Waals surface area contributed by atoms with Crippen LogP contribution in [0.25, 0.3) is 22.3 Å². The summed E-state index contributed by atoms with van der Waals surface area (Å²) >= 11 is 0. The molecule has 0 saturated carbocycles. The molecule has 1 saturated heterocycles. The Balaban J connectivity index is 1.90. The van der Waals surface area contributed by atoms with Crippen molar-refractivity contribution >= 4 is 26.7 Å². The summed E-state index contributed by atoms with van der Waals surface area (Å²) < 4.78 is 26.5. The summed E-state index contributed by atoms with van der Waals surface area (Å²) in [6.45, 7) is 3.24. The summed E-state index contributed by atoms with van der Waals surface area (Å²) in [6, 6.07) is 9.11. The topological polar surface area (TPSA) is 89.5 Å². The Morgan fingerprint density at radius 2 is 2.04 bits per heavy atom. The van der Waals surface area contributed by atoms with Gasteiger partial charge in [-0.2, -0.15) is 0 Å². The number of aryl methyl sites for hydroxylation is 1. The van der Waals surface area contributed by atoms with Crippen LogP contribution in [0, 0.1) is 6.92 Å². The van der Waals surface area contributed by atoms with Crippen LogP contribution in [0.3, 0.4) is 0 Å². The lowest BCUT2D eigenvalue weighted by Crippen LogP contribution is -2.24. The van der Waals surface area contributed by atoms with E-state index >= 15 is 0 Å². The number of fused-ring (bicyclic) bond motifs is 1. The first-order chi connectivity index (χ1) is 13.3. The van der Waals surface area contributed by atoms with Gasteiger partial charge in [0.1, 0.15) is 0 Å². The molecule has 148 valence electrons. The van der Waals surface area contributed by atoms with Gasteiger partial charge in [-0.1, -0.05) is 0 Å². The van der Waals surface area contributed by atoms with Crippen LogP contribution in [0.5, 0.6) is 0 Å². The van der Waals surface area contributed by atoms with Crippen molar-refractivity contribution in [3.05, 3.63) is 42.1 Å². The van der Waals surface area contributed by atoms with Crippen molar-refractivity contribution in [2.24, 2.45) is 0 Å². The minimum Gasteiger partial charge on any atom is -0.391 e. The lowest BCUT2D eigenvalue weighted by atomic mass is 10.1. The van der Waals surface area contributed by atoms with Crippen LogP contribution >= 0.6 is 0 Å². The van der Waals surface area contributed by atoms with E-state index in [-0.39, 0.29) is 11.0 Å². The maximum absolute atomic E-state index is 12.7. The van der Waals surface area contributed by atoms with E-state index in [1.807, 2.05) is 31.3 Å².